The van der Waals surface area contributed by atoms with E-state index in [0.717, 1.165) is 11.3 Å². The first-order valence-corrected chi connectivity index (χ1v) is 7.79. The van der Waals surface area contributed by atoms with Gasteiger partial charge in [-0.3, -0.25) is 0 Å². The topological polar surface area (TPSA) is 63.4 Å². The molecule has 2 rings (SSSR count). The quantitative estimate of drug-likeness (QED) is 0.936. The number of benzene rings is 2. The first kappa shape index (κ1) is 14.6. The van der Waals surface area contributed by atoms with E-state index in [4.69, 9.17) is 5.14 Å². The minimum atomic E-state index is -3.71. The molecule has 106 valence electrons. The lowest BCUT2D eigenvalue weighted by Gasteiger charge is -2.16. The van der Waals surface area contributed by atoms with Gasteiger partial charge in [-0.15, -0.1) is 0 Å². The van der Waals surface area contributed by atoms with E-state index in [-0.39, 0.29) is 4.90 Å². The molecule has 2 N–H and O–H groups in total. The summed E-state index contributed by atoms with van der Waals surface area (Å²) in [6, 6.07) is 14.9. The molecule has 0 fully saturated rings. The highest BCUT2D eigenvalue weighted by Crippen LogP contribution is 2.23. The minimum absolute atomic E-state index is 0.187. The largest absolute Gasteiger partial charge is 0.378 e. The average molecular weight is 290 g/mol. The van der Waals surface area contributed by atoms with Crippen molar-refractivity contribution in [2.45, 2.75) is 11.3 Å². The van der Waals surface area contributed by atoms with E-state index in [1.165, 1.54) is 0 Å². The standard InChI is InChI=1S/C15H18N2O2S/c1-17(2)14-8-9-15(20(16,18)19)13(11-14)10-12-6-4-3-5-7-12/h3-9,11H,10H2,1-2H3,(H2,16,18,19). The van der Waals surface area contributed by atoms with Crippen molar-refractivity contribution in [1.29, 1.82) is 0 Å². The van der Waals surface area contributed by atoms with E-state index >= 15 is 0 Å². The van der Waals surface area contributed by atoms with Gasteiger partial charge in [0, 0.05) is 19.8 Å². The van der Waals surface area contributed by atoms with Crippen LogP contribution < -0.4 is 10.0 Å². The van der Waals surface area contributed by atoms with Crippen molar-refractivity contribution in [1.82, 2.24) is 0 Å². The maximum Gasteiger partial charge on any atom is 0.238 e. The lowest BCUT2D eigenvalue weighted by atomic mass is 10.0. The molecule has 0 radical (unpaired) electrons. The molecule has 20 heavy (non-hydrogen) atoms. The van der Waals surface area contributed by atoms with E-state index < -0.39 is 10.0 Å². The molecule has 4 nitrogen and oxygen atoms in total. The van der Waals surface area contributed by atoms with Crippen molar-refractivity contribution >= 4 is 15.7 Å². The maximum atomic E-state index is 11.7. The van der Waals surface area contributed by atoms with Crippen molar-refractivity contribution in [2.75, 3.05) is 19.0 Å². The predicted molar refractivity (Wildman–Crippen MR) is 81.4 cm³/mol. The molecule has 0 heterocycles. The number of nitrogens with zero attached hydrogens (tertiary/aromatic N) is 1. The lowest BCUT2D eigenvalue weighted by molar-refractivity contribution is 0.597. The first-order chi connectivity index (χ1) is 9.38. The molecule has 0 aromatic heterocycles. The van der Waals surface area contributed by atoms with Gasteiger partial charge in [-0.05, 0) is 35.7 Å². The van der Waals surface area contributed by atoms with Crippen LogP contribution in [0.15, 0.2) is 53.4 Å². The normalized spacial score (nSPS) is 11.3. The van der Waals surface area contributed by atoms with Crippen molar-refractivity contribution in [3.05, 3.63) is 59.7 Å². The fourth-order valence-corrected chi connectivity index (χ4v) is 2.83. The maximum absolute atomic E-state index is 11.7. The zero-order valence-corrected chi connectivity index (χ0v) is 12.4. The first-order valence-electron chi connectivity index (χ1n) is 6.25. The molecule has 0 bridgehead atoms. The lowest BCUT2D eigenvalue weighted by Crippen LogP contribution is -2.16. The van der Waals surface area contributed by atoms with Crippen LogP contribution in [0.5, 0.6) is 0 Å². The second-order valence-corrected chi connectivity index (χ2v) is 6.42. The van der Waals surface area contributed by atoms with Gasteiger partial charge in [0.25, 0.3) is 0 Å². The van der Waals surface area contributed by atoms with Crippen LogP contribution in [0.1, 0.15) is 11.1 Å². The van der Waals surface area contributed by atoms with E-state index in [1.807, 2.05) is 55.4 Å². The second-order valence-electron chi connectivity index (χ2n) is 4.89. The fourth-order valence-electron chi connectivity index (χ4n) is 2.08. The predicted octanol–water partition coefficient (Wildman–Crippen LogP) is 1.99. The van der Waals surface area contributed by atoms with Gasteiger partial charge in [-0.25, -0.2) is 13.6 Å². The Hall–Kier alpha value is -1.85. The van der Waals surface area contributed by atoms with Crippen molar-refractivity contribution < 1.29 is 8.42 Å². The van der Waals surface area contributed by atoms with Gasteiger partial charge in [0.05, 0.1) is 4.90 Å². The van der Waals surface area contributed by atoms with Crippen LogP contribution in [0.3, 0.4) is 0 Å². The van der Waals surface area contributed by atoms with Crippen LogP contribution in [0.4, 0.5) is 5.69 Å². The number of anilines is 1. The highest BCUT2D eigenvalue weighted by atomic mass is 32.2. The zero-order valence-electron chi connectivity index (χ0n) is 11.6. The highest BCUT2D eigenvalue weighted by molar-refractivity contribution is 7.89. The molecule has 2 aromatic rings. The van der Waals surface area contributed by atoms with Crippen LogP contribution in [0, 0.1) is 0 Å². The van der Waals surface area contributed by atoms with Crippen molar-refractivity contribution in [3.8, 4) is 0 Å². The number of hydrogen-bond donors (Lipinski definition) is 1. The van der Waals surface area contributed by atoms with Crippen LogP contribution in [0.25, 0.3) is 0 Å². The number of primary sulfonamides is 1. The zero-order chi connectivity index (χ0) is 14.8. The summed E-state index contributed by atoms with van der Waals surface area (Å²) in [5.41, 5.74) is 2.71. The summed E-state index contributed by atoms with van der Waals surface area (Å²) in [6.45, 7) is 0. The highest BCUT2D eigenvalue weighted by Gasteiger charge is 2.15. The Morgan fingerprint density at radius 1 is 1.05 bits per heavy atom. The third kappa shape index (κ3) is 3.37. The summed E-state index contributed by atoms with van der Waals surface area (Å²) in [6.07, 6.45) is 0.536. The Labute approximate surface area is 119 Å². The Kier molecular flexibility index (Phi) is 4.11. The van der Waals surface area contributed by atoms with E-state index in [2.05, 4.69) is 0 Å². The molecule has 0 atom stereocenters. The summed E-state index contributed by atoms with van der Waals surface area (Å²) in [5, 5.41) is 5.30. The summed E-state index contributed by atoms with van der Waals surface area (Å²) in [7, 11) is 0.115. The average Bonchev–Trinajstić information content (AvgIpc) is 2.38. The van der Waals surface area contributed by atoms with Crippen molar-refractivity contribution in [3.63, 3.8) is 0 Å². The Morgan fingerprint density at radius 2 is 1.70 bits per heavy atom. The summed E-state index contributed by atoms with van der Waals surface area (Å²) in [4.78, 5) is 2.12. The molecule has 0 aliphatic carbocycles. The molecule has 0 amide bonds. The minimum Gasteiger partial charge on any atom is -0.378 e. The second kappa shape index (κ2) is 5.64. The van der Waals surface area contributed by atoms with Crippen LogP contribution in [-0.4, -0.2) is 22.5 Å². The smallest absolute Gasteiger partial charge is 0.238 e. The number of nitrogens with two attached hydrogens (primary N) is 1. The molecule has 0 spiro atoms. The summed E-state index contributed by atoms with van der Waals surface area (Å²) < 4.78 is 23.4. The molecular formula is C15H18N2O2S. The molecule has 2 aromatic carbocycles. The molecule has 0 unspecified atom stereocenters. The van der Waals surface area contributed by atoms with Gasteiger partial charge < -0.3 is 4.90 Å². The van der Waals surface area contributed by atoms with Crippen LogP contribution in [-0.2, 0) is 16.4 Å². The summed E-state index contributed by atoms with van der Waals surface area (Å²) in [5.74, 6) is 0. The monoisotopic (exact) mass is 290 g/mol. The molecule has 0 aliphatic rings. The van der Waals surface area contributed by atoms with E-state index in [0.29, 0.717) is 12.0 Å². The third-order valence-electron chi connectivity index (χ3n) is 3.10. The van der Waals surface area contributed by atoms with Gasteiger partial charge in [0.15, 0.2) is 0 Å². The molecular weight excluding hydrogens is 272 g/mol. The molecule has 0 saturated carbocycles. The van der Waals surface area contributed by atoms with Crippen LogP contribution in [0.2, 0.25) is 0 Å². The van der Waals surface area contributed by atoms with Gasteiger partial charge in [-0.2, -0.15) is 0 Å². The van der Waals surface area contributed by atoms with E-state index in [1.54, 1.807) is 12.1 Å². The van der Waals surface area contributed by atoms with Gasteiger partial charge in [0.1, 0.15) is 0 Å². The van der Waals surface area contributed by atoms with E-state index in [9.17, 15) is 8.42 Å². The van der Waals surface area contributed by atoms with Crippen molar-refractivity contribution in [2.24, 2.45) is 5.14 Å². The third-order valence-corrected chi connectivity index (χ3v) is 4.12. The number of hydrogen-bond acceptors (Lipinski definition) is 3. The summed E-state index contributed by atoms with van der Waals surface area (Å²) >= 11 is 0. The van der Waals surface area contributed by atoms with Crippen LogP contribution >= 0.6 is 0 Å². The Morgan fingerprint density at radius 3 is 2.25 bits per heavy atom. The van der Waals surface area contributed by atoms with Gasteiger partial charge in [0.2, 0.25) is 10.0 Å². The molecule has 0 aliphatic heterocycles. The molecule has 0 saturated heterocycles. The van der Waals surface area contributed by atoms with Gasteiger partial charge in [-0.1, -0.05) is 30.3 Å². The Balaban J connectivity index is 2.50. The Bertz CT molecular complexity index is 695. The van der Waals surface area contributed by atoms with Gasteiger partial charge >= 0.3 is 0 Å². The SMILES string of the molecule is CN(C)c1ccc(S(N)(=O)=O)c(Cc2ccccc2)c1. The molecule has 5 heteroatoms. The number of rotatable bonds is 4. The fraction of sp³-hybridized carbons (Fsp3) is 0.200. The number of sulfonamides is 1.